The molecule has 10 heteroatoms. The Kier molecular flexibility index (Phi) is 7.99. The topological polar surface area (TPSA) is 112 Å². The van der Waals surface area contributed by atoms with Crippen LogP contribution in [0.3, 0.4) is 0 Å². The van der Waals surface area contributed by atoms with Gasteiger partial charge in [-0.05, 0) is 63.1 Å². The van der Waals surface area contributed by atoms with E-state index in [9.17, 15) is 9.59 Å². The lowest BCUT2D eigenvalue weighted by molar-refractivity contribution is -0.113. The van der Waals surface area contributed by atoms with Gasteiger partial charge in [-0.25, -0.2) is 0 Å². The number of aromatic nitrogens is 3. The number of para-hydroxylation sites is 1. The van der Waals surface area contributed by atoms with Gasteiger partial charge < -0.3 is 20.4 Å². The summed E-state index contributed by atoms with van der Waals surface area (Å²) in [6.45, 7) is 8.36. The largest absolute Gasteiger partial charge is 0.483 e. The summed E-state index contributed by atoms with van der Waals surface area (Å²) in [6.07, 6.45) is -0.358. The fraction of sp³-hybridized carbons (Fsp3) is 0.304. The molecule has 1 unspecified atom stereocenters. The Balaban J connectivity index is 1.68. The number of anilines is 1. The van der Waals surface area contributed by atoms with Crippen molar-refractivity contribution >= 4 is 40.9 Å². The highest BCUT2D eigenvalue weighted by Gasteiger charge is 2.20. The molecule has 2 aromatic carbocycles. The summed E-state index contributed by atoms with van der Waals surface area (Å²) in [5.74, 6) is 0.570. The van der Waals surface area contributed by atoms with Crippen molar-refractivity contribution in [2.45, 2.75) is 45.5 Å². The van der Waals surface area contributed by atoms with E-state index in [1.807, 2.05) is 44.4 Å². The molecule has 3 aromatic rings. The van der Waals surface area contributed by atoms with Gasteiger partial charge >= 0.3 is 0 Å². The number of carbonyl (C=O) groups is 2. The van der Waals surface area contributed by atoms with Crippen molar-refractivity contribution in [3.63, 3.8) is 0 Å². The van der Waals surface area contributed by atoms with E-state index in [1.54, 1.807) is 24.3 Å². The van der Waals surface area contributed by atoms with E-state index >= 15 is 0 Å². The Morgan fingerprint density at radius 1 is 1.21 bits per heavy atom. The molecule has 0 aliphatic carbocycles. The number of rotatable bonds is 9. The molecule has 33 heavy (non-hydrogen) atoms. The minimum atomic E-state index is -0.603. The summed E-state index contributed by atoms with van der Waals surface area (Å²) in [5, 5.41) is 12.6. The molecule has 1 aromatic heterocycles. The molecule has 3 rings (SSSR count). The maximum atomic E-state index is 12.5. The van der Waals surface area contributed by atoms with Gasteiger partial charge in [-0.2, -0.15) is 0 Å². The van der Waals surface area contributed by atoms with Gasteiger partial charge in [0.1, 0.15) is 5.75 Å². The molecule has 0 saturated carbocycles. The van der Waals surface area contributed by atoms with Crippen LogP contribution < -0.4 is 15.8 Å². The smallest absolute Gasteiger partial charge is 0.250 e. The lowest BCUT2D eigenvalue weighted by Gasteiger charge is -2.17. The first-order chi connectivity index (χ1) is 15.7. The Morgan fingerprint density at radius 2 is 1.88 bits per heavy atom. The van der Waals surface area contributed by atoms with Crippen LogP contribution in [-0.4, -0.2) is 32.3 Å². The number of thioether (sulfide) groups is 1. The number of primary amides is 1. The molecule has 3 N–H and O–H groups in total. The molecule has 174 valence electrons. The summed E-state index contributed by atoms with van der Waals surface area (Å²) >= 11 is 7.50. The summed E-state index contributed by atoms with van der Waals surface area (Å²) in [5.41, 5.74) is 7.89. The zero-order valence-electron chi connectivity index (χ0n) is 18.9. The van der Waals surface area contributed by atoms with Crippen LogP contribution in [-0.2, 0) is 11.3 Å². The molecular formula is C23H26ClN5O3S. The Bertz CT molecular complexity index is 1160. The summed E-state index contributed by atoms with van der Waals surface area (Å²) in [6, 6.07) is 10.4. The summed E-state index contributed by atoms with van der Waals surface area (Å²) in [7, 11) is 0. The van der Waals surface area contributed by atoms with Crippen molar-refractivity contribution < 1.29 is 14.3 Å². The molecule has 0 bridgehead atoms. The first kappa shape index (κ1) is 24.6. The standard InChI is InChI=1S/C23H26ClN5O3S/c1-5-29-22(15(4)32-16-10-13(2)20(24)14(3)11-16)27-28-23(29)33-12-19(30)26-18-9-7-6-8-17(18)21(25)31/h6-11,15H,5,12H2,1-4H3,(H2,25,31)(H,26,30). The number of halogens is 1. The zero-order valence-corrected chi connectivity index (χ0v) is 20.5. The quantitative estimate of drug-likeness (QED) is 0.428. The van der Waals surface area contributed by atoms with Crippen molar-refractivity contribution in [3.05, 3.63) is 63.9 Å². The van der Waals surface area contributed by atoms with Gasteiger partial charge in [0, 0.05) is 11.6 Å². The number of ether oxygens (including phenoxy) is 1. The van der Waals surface area contributed by atoms with Crippen molar-refractivity contribution in [2.24, 2.45) is 5.73 Å². The van der Waals surface area contributed by atoms with E-state index in [4.69, 9.17) is 22.1 Å². The van der Waals surface area contributed by atoms with E-state index in [2.05, 4.69) is 15.5 Å². The second-order valence-corrected chi connectivity index (χ2v) is 8.78. The average Bonchev–Trinajstić information content (AvgIpc) is 3.19. The van der Waals surface area contributed by atoms with E-state index in [0.717, 1.165) is 16.1 Å². The highest BCUT2D eigenvalue weighted by Crippen LogP contribution is 2.29. The Morgan fingerprint density at radius 3 is 2.52 bits per heavy atom. The number of hydrogen-bond acceptors (Lipinski definition) is 6. The maximum Gasteiger partial charge on any atom is 0.250 e. The number of carbonyl (C=O) groups excluding carboxylic acids is 2. The van der Waals surface area contributed by atoms with Gasteiger partial charge in [-0.3, -0.25) is 9.59 Å². The molecule has 8 nitrogen and oxygen atoms in total. The Labute approximate surface area is 201 Å². The number of nitrogens with one attached hydrogen (secondary N) is 1. The number of nitrogens with zero attached hydrogens (tertiary/aromatic N) is 3. The van der Waals surface area contributed by atoms with Gasteiger partial charge in [0.25, 0.3) is 5.91 Å². The number of aryl methyl sites for hydroxylation is 2. The molecule has 0 fully saturated rings. The van der Waals surface area contributed by atoms with Crippen LogP contribution in [0.4, 0.5) is 5.69 Å². The highest BCUT2D eigenvalue weighted by molar-refractivity contribution is 7.99. The fourth-order valence-electron chi connectivity index (χ4n) is 3.36. The summed E-state index contributed by atoms with van der Waals surface area (Å²) < 4.78 is 8.01. The normalized spacial score (nSPS) is 11.8. The van der Waals surface area contributed by atoms with E-state index in [0.29, 0.717) is 29.0 Å². The minimum Gasteiger partial charge on any atom is -0.483 e. The number of nitrogens with two attached hydrogens (primary N) is 1. The van der Waals surface area contributed by atoms with Crippen molar-refractivity contribution in [3.8, 4) is 5.75 Å². The summed E-state index contributed by atoms with van der Waals surface area (Å²) in [4.78, 5) is 24.0. The number of hydrogen-bond donors (Lipinski definition) is 2. The lowest BCUT2D eigenvalue weighted by atomic mass is 10.1. The van der Waals surface area contributed by atoms with Gasteiger partial charge in [-0.1, -0.05) is 35.5 Å². The molecule has 0 spiro atoms. The number of benzene rings is 2. The molecule has 0 aliphatic rings. The third kappa shape index (κ3) is 5.85. The van der Waals surface area contributed by atoms with E-state index < -0.39 is 5.91 Å². The zero-order chi connectivity index (χ0) is 24.1. The number of amides is 2. The van der Waals surface area contributed by atoms with Crippen LogP contribution >= 0.6 is 23.4 Å². The first-order valence-electron chi connectivity index (χ1n) is 10.4. The van der Waals surface area contributed by atoms with E-state index in [-0.39, 0.29) is 23.3 Å². The van der Waals surface area contributed by atoms with Crippen molar-refractivity contribution in [2.75, 3.05) is 11.1 Å². The van der Waals surface area contributed by atoms with Crippen molar-refractivity contribution in [1.82, 2.24) is 14.8 Å². The minimum absolute atomic E-state index is 0.0933. The first-order valence-corrected chi connectivity index (χ1v) is 11.8. The molecule has 0 saturated heterocycles. The third-order valence-electron chi connectivity index (χ3n) is 4.95. The van der Waals surface area contributed by atoms with Crippen LogP contribution in [0, 0.1) is 13.8 Å². The Hall–Kier alpha value is -3.04. The molecule has 0 aliphatic heterocycles. The maximum absolute atomic E-state index is 12.5. The predicted octanol–water partition coefficient (Wildman–Crippen LogP) is 4.54. The second-order valence-electron chi connectivity index (χ2n) is 7.46. The van der Waals surface area contributed by atoms with Crippen molar-refractivity contribution in [1.29, 1.82) is 0 Å². The highest BCUT2D eigenvalue weighted by atomic mass is 35.5. The average molecular weight is 488 g/mol. The van der Waals surface area contributed by atoms with Crippen LogP contribution in [0.15, 0.2) is 41.6 Å². The van der Waals surface area contributed by atoms with Gasteiger partial charge in [0.15, 0.2) is 17.1 Å². The van der Waals surface area contributed by atoms with Crippen LogP contribution in [0.1, 0.15) is 47.3 Å². The SMILES string of the molecule is CCn1c(SCC(=O)Nc2ccccc2C(N)=O)nnc1C(C)Oc1cc(C)c(Cl)c(C)c1. The van der Waals surface area contributed by atoms with E-state index in [1.165, 1.54) is 11.8 Å². The van der Waals surface area contributed by atoms with Crippen LogP contribution in [0.2, 0.25) is 5.02 Å². The second kappa shape index (κ2) is 10.7. The fourth-order valence-corrected chi connectivity index (χ4v) is 4.28. The van der Waals surface area contributed by atoms with Gasteiger partial charge in [0.05, 0.1) is 17.0 Å². The molecular weight excluding hydrogens is 462 g/mol. The lowest BCUT2D eigenvalue weighted by Crippen LogP contribution is -2.19. The molecule has 0 radical (unpaired) electrons. The van der Waals surface area contributed by atoms with Crippen LogP contribution in [0.5, 0.6) is 5.75 Å². The monoisotopic (exact) mass is 487 g/mol. The molecule has 2 amide bonds. The van der Waals surface area contributed by atoms with Gasteiger partial charge in [0.2, 0.25) is 5.91 Å². The molecule has 1 atom stereocenters. The molecule has 1 heterocycles. The third-order valence-corrected chi connectivity index (χ3v) is 6.51. The van der Waals surface area contributed by atoms with Crippen LogP contribution in [0.25, 0.3) is 0 Å². The predicted molar refractivity (Wildman–Crippen MR) is 130 cm³/mol. The van der Waals surface area contributed by atoms with Gasteiger partial charge in [-0.15, -0.1) is 10.2 Å².